The summed E-state index contributed by atoms with van der Waals surface area (Å²) in [6.45, 7) is 4.81. The highest BCUT2D eigenvalue weighted by Crippen LogP contribution is 2.18. The average molecular weight is 329 g/mol. The van der Waals surface area contributed by atoms with Crippen molar-refractivity contribution in [2.45, 2.75) is 33.1 Å². The lowest BCUT2D eigenvalue weighted by Crippen LogP contribution is -2.26. The highest BCUT2D eigenvalue weighted by molar-refractivity contribution is 5.78. The minimum atomic E-state index is -0.447. The summed E-state index contributed by atoms with van der Waals surface area (Å²) in [5.74, 6) is -0.356. The third kappa shape index (κ3) is 5.08. The van der Waals surface area contributed by atoms with E-state index >= 15 is 0 Å². The molecule has 0 saturated heterocycles. The zero-order valence-electron chi connectivity index (χ0n) is 14.5. The Labute approximate surface area is 142 Å². The molecule has 0 spiro atoms. The lowest BCUT2D eigenvalue weighted by molar-refractivity contribution is -0.120. The molecule has 0 radical (unpaired) electrons. The van der Waals surface area contributed by atoms with Crippen molar-refractivity contribution < 1.29 is 13.9 Å². The molecule has 0 bridgehead atoms. The van der Waals surface area contributed by atoms with Crippen LogP contribution in [0, 0.1) is 19.7 Å². The number of rotatable bonds is 7. The summed E-state index contributed by atoms with van der Waals surface area (Å²) in [5, 5.41) is 2.89. The average Bonchev–Trinajstić information content (AvgIpc) is 2.53. The maximum atomic E-state index is 13.6. The molecule has 3 nitrogen and oxygen atoms in total. The Balaban J connectivity index is 1.76. The van der Waals surface area contributed by atoms with Crippen LogP contribution >= 0.6 is 0 Å². The van der Waals surface area contributed by atoms with Crippen molar-refractivity contribution in [1.29, 1.82) is 0 Å². The first-order valence-electron chi connectivity index (χ1n) is 8.15. The van der Waals surface area contributed by atoms with Crippen LogP contribution in [-0.2, 0) is 17.6 Å². The summed E-state index contributed by atoms with van der Waals surface area (Å²) >= 11 is 0. The van der Waals surface area contributed by atoms with Crippen LogP contribution in [0.1, 0.15) is 28.7 Å². The fraction of sp³-hybridized carbons (Fsp3) is 0.350. The Hall–Kier alpha value is -2.36. The SMILES string of the molecule is COc1ccc(CC(=O)NCCCc2ccc(C)cc2C)cc1F. The molecule has 128 valence electrons. The minimum Gasteiger partial charge on any atom is -0.494 e. The van der Waals surface area contributed by atoms with E-state index in [0.29, 0.717) is 12.1 Å². The van der Waals surface area contributed by atoms with E-state index in [2.05, 4.69) is 37.4 Å². The lowest BCUT2D eigenvalue weighted by Gasteiger charge is -2.09. The van der Waals surface area contributed by atoms with E-state index in [0.717, 1.165) is 12.8 Å². The van der Waals surface area contributed by atoms with Crippen LogP contribution in [0.2, 0.25) is 0 Å². The molecule has 0 aliphatic heterocycles. The first-order chi connectivity index (χ1) is 11.5. The predicted molar refractivity (Wildman–Crippen MR) is 93.9 cm³/mol. The molecule has 0 aliphatic carbocycles. The molecule has 0 atom stereocenters. The van der Waals surface area contributed by atoms with E-state index in [1.54, 1.807) is 6.07 Å². The third-order valence-electron chi connectivity index (χ3n) is 4.02. The lowest BCUT2D eigenvalue weighted by atomic mass is 10.0. The fourth-order valence-corrected chi connectivity index (χ4v) is 2.70. The topological polar surface area (TPSA) is 38.3 Å². The molecule has 0 aromatic heterocycles. The van der Waals surface area contributed by atoms with E-state index in [1.807, 2.05) is 0 Å². The summed E-state index contributed by atoms with van der Waals surface area (Å²) in [5.41, 5.74) is 4.50. The standard InChI is InChI=1S/C20H24FNO2/c1-14-6-8-17(15(2)11-14)5-4-10-22-20(23)13-16-7-9-19(24-3)18(21)12-16/h6-9,11-12H,4-5,10,13H2,1-3H3,(H,22,23). The van der Waals surface area contributed by atoms with Crippen molar-refractivity contribution in [2.75, 3.05) is 13.7 Å². The number of benzene rings is 2. The zero-order chi connectivity index (χ0) is 17.5. The van der Waals surface area contributed by atoms with E-state index in [-0.39, 0.29) is 18.1 Å². The van der Waals surface area contributed by atoms with Crippen LogP contribution in [0.3, 0.4) is 0 Å². The number of methoxy groups -OCH3 is 1. The molecule has 0 heterocycles. The quantitative estimate of drug-likeness (QED) is 0.786. The van der Waals surface area contributed by atoms with Crippen LogP contribution in [0.5, 0.6) is 5.75 Å². The third-order valence-corrected chi connectivity index (χ3v) is 4.02. The molecule has 0 saturated carbocycles. The number of hydrogen-bond acceptors (Lipinski definition) is 2. The largest absolute Gasteiger partial charge is 0.494 e. The molecule has 1 N–H and O–H groups in total. The number of ether oxygens (including phenoxy) is 1. The van der Waals surface area contributed by atoms with Crippen LogP contribution in [-0.4, -0.2) is 19.6 Å². The molecular weight excluding hydrogens is 305 g/mol. The maximum Gasteiger partial charge on any atom is 0.224 e. The minimum absolute atomic E-state index is 0.0970. The van der Waals surface area contributed by atoms with Gasteiger partial charge in [-0.25, -0.2) is 4.39 Å². The number of amides is 1. The number of aryl methyl sites for hydroxylation is 3. The van der Waals surface area contributed by atoms with Gasteiger partial charge in [0.15, 0.2) is 11.6 Å². The molecule has 2 aromatic rings. The van der Waals surface area contributed by atoms with Crippen LogP contribution in [0.4, 0.5) is 4.39 Å². The van der Waals surface area contributed by atoms with Gasteiger partial charge >= 0.3 is 0 Å². The zero-order valence-corrected chi connectivity index (χ0v) is 14.5. The number of carbonyl (C=O) groups is 1. The molecule has 2 aromatic carbocycles. The second-order valence-electron chi connectivity index (χ2n) is 6.03. The molecule has 0 unspecified atom stereocenters. The Morgan fingerprint density at radius 3 is 2.62 bits per heavy atom. The summed E-state index contributed by atoms with van der Waals surface area (Å²) in [6.07, 6.45) is 1.99. The summed E-state index contributed by atoms with van der Waals surface area (Å²) < 4.78 is 18.5. The highest BCUT2D eigenvalue weighted by Gasteiger charge is 2.07. The molecule has 24 heavy (non-hydrogen) atoms. The number of nitrogens with one attached hydrogen (secondary N) is 1. The van der Waals surface area contributed by atoms with Gasteiger partial charge in [0.25, 0.3) is 0 Å². The smallest absolute Gasteiger partial charge is 0.224 e. The predicted octanol–water partition coefficient (Wildman–Crippen LogP) is 3.74. The Morgan fingerprint density at radius 1 is 1.17 bits per heavy atom. The van der Waals surface area contributed by atoms with Gasteiger partial charge in [-0.15, -0.1) is 0 Å². The van der Waals surface area contributed by atoms with E-state index < -0.39 is 5.82 Å². The van der Waals surface area contributed by atoms with E-state index in [4.69, 9.17) is 4.74 Å². The van der Waals surface area contributed by atoms with E-state index in [9.17, 15) is 9.18 Å². The van der Waals surface area contributed by atoms with Gasteiger partial charge in [0.2, 0.25) is 5.91 Å². The first-order valence-corrected chi connectivity index (χ1v) is 8.15. The maximum absolute atomic E-state index is 13.6. The summed E-state index contributed by atoms with van der Waals surface area (Å²) in [6, 6.07) is 11.0. The van der Waals surface area contributed by atoms with Gasteiger partial charge < -0.3 is 10.1 Å². The molecule has 4 heteroatoms. The Kier molecular flexibility index (Phi) is 6.36. The summed E-state index contributed by atoms with van der Waals surface area (Å²) in [7, 11) is 1.42. The monoisotopic (exact) mass is 329 g/mol. The van der Waals surface area contributed by atoms with Crippen molar-refractivity contribution in [2.24, 2.45) is 0 Å². The van der Waals surface area contributed by atoms with E-state index in [1.165, 1.54) is 35.9 Å². The Bertz CT molecular complexity index is 713. The van der Waals surface area contributed by atoms with Crippen LogP contribution in [0.25, 0.3) is 0 Å². The van der Waals surface area contributed by atoms with Crippen molar-refractivity contribution in [3.05, 3.63) is 64.5 Å². The summed E-state index contributed by atoms with van der Waals surface area (Å²) in [4.78, 5) is 11.9. The van der Waals surface area contributed by atoms with Crippen LogP contribution in [0.15, 0.2) is 36.4 Å². The molecule has 0 aliphatic rings. The van der Waals surface area contributed by atoms with Gasteiger partial charge in [-0.1, -0.05) is 29.8 Å². The number of halogens is 1. The molecular formula is C20H24FNO2. The number of hydrogen-bond donors (Lipinski definition) is 1. The van der Waals surface area contributed by atoms with Crippen molar-refractivity contribution in [3.63, 3.8) is 0 Å². The number of carbonyl (C=O) groups excluding carboxylic acids is 1. The first kappa shape index (κ1) is 18.0. The van der Waals surface area contributed by atoms with Gasteiger partial charge in [0, 0.05) is 6.54 Å². The highest BCUT2D eigenvalue weighted by atomic mass is 19.1. The van der Waals surface area contributed by atoms with Gasteiger partial charge in [0.1, 0.15) is 0 Å². The van der Waals surface area contributed by atoms with Crippen molar-refractivity contribution >= 4 is 5.91 Å². The Morgan fingerprint density at radius 2 is 1.96 bits per heavy atom. The van der Waals surface area contributed by atoms with Gasteiger partial charge in [-0.3, -0.25) is 4.79 Å². The molecule has 0 fully saturated rings. The van der Waals surface area contributed by atoms with Crippen LogP contribution < -0.4 is 10.1 Å². The van der Waals surface area contributed by atoms with Gasteiger partial charge in [-0.2, -0.15) is 0 Å². The van der Waals surface area contributed by atoms with Gasteiger partial charge in [0.05, 0.1) is 13.5 Å². The van der Waals surface area contributed by atoms with Crippen molar-refractivity contribution in [1.82, 2.24) is 5.32 Å². The van der Waals surface area contributed by atoms with Crippen molar-refractivity contribution in [3.8, 4) is 5.75 Å². The second kappa shape index (κ2) is 8.48. The normalized spacial score (nSPS) is 10.5. The fourth-order valence-electron chi connectivity index (χ4n) is 2.70. The second-order valence-corrected chi connectivity index (χ2v) is 6.03. The van der Waals surface area contributed by atoms with Gasteiger partial charge in [-0.05, 0) is 55.5 Å². The molecule has 2 rings (SSSR count). The molecule has 1 amide bonds.